The van der Waals surface area contributed by atoms with Crippen LogP contribution in [-0.4, -0.2) is 18.9 Å². The Morgan fingerprint density at radius 1 is 1.21 bits per heavy atom. The third-order valence-electron chi connectivity index (χ3n) is 3.19. The van der Waals surface area contributed by atoms with E-state index in [-0.39, 0.29) is 5.97 Å². The van der Waals surface area contributed by atoms with Gasteiger partial charge in [-0.1, -0.05) is 13.0 Å². The zero-order valence-corrected chi connectivity index (χ0v) is 12.0. The third-order valence-corrected chi connectivity index (χ3v) is 3.19. The van der Waals surface area contributed by atoms with Gasteiger partial charge in [0.15, 0.2) is 0 Å². The van der Waals surface area contributed by atoms with E-state index in [4.69, 9.17) is 0 Å². The van der Waals surface area contributed by atoms with Crippen LogP contribution < -0.4 is 0 Å². The van der Waals surface area contributed by atoms with Crippen molar-refractivity contribution in [2.45, 2.75) is 46.0 Å². The Hall–Kier alpha value is -1.64. The number of carbonyl (C=O) groups is 2. The summed E-state index contributed by atoms with van der Waals surface area (Å²) in [5.74, 6) is 0.0270. The fourth-order valence-electron chi connectivity index (χ4n) is 2.10. The van der Waals surface area contributed by atoms with Crippen LogP contribution in [0.2, 0.25) is 0 Å². The molecule has 0 unspecified atom stereocenters. The first-order chi connectivity index (χ1) is 9.08. The van der Waals surface area contributed by atoms with Crippen molar-refractivity contribution < 1.29 is 14.3 Å². The van der Waals surface area contributed by atoms with E-state index in [0.29, 0.717) is 24.2 Å². The molecule has 0 aliphatic heterocycles. The summed E-state index contributed by atoms with van der Waals surface area (Å²) in [6.45, 7) is 4.00. The number of hydrogen-bond acceptors (Lipinski definition) is 3. The molecular weight excluding hydrogens is 240 g/mol. The van der Waals surface area contributed by atoms with Crippen LogP contribution in [0.3, 0.4) is 0 Å². The Morgan fingerprint density at radius 2 is 1.95 bits per heavy atom. The van der Waals surface area contributed by atoms with Gasteiger partial charge in [0.05, 0.1) is 12.7 Å². The third kappa shape index (κ3) is 4.86. The molecular formula is C16H22O3. The molecule has 19 heavy (non-hydrogen) atoms. The van der Waals surface area contributed by atoms with Gasteiger partial charge in [-0.15, -0.1) is 0 Å². The quantitative estimate of drug-likeness (QED) is 0.707. The van der Waals surface area contributed by atoms with Gasteiger partial charge in [-0.3, -0.25) is 4.79 Å². The van der Waals surface area contributed by atoms with E-state index in [2.05, 4.69) is 4.74 Å². The van der Waals surface area contributed by atoms with Gasteiger partial charge < -0.3 is 4.74 Å². The van der Waals surface area contributed by atoms with Crippen molar-refractivity contribution in [1.82, 2.24) is 0 Å². The Bertz CT molecular complexity index is 449. The summed E-state index contributed by atoms with van der Waals surface area (Å²) >= 11 is 0. The van der Waals surface area contributed by atoms with E-state index in [1.54, 1.807) is 6.07 Å². The maximum absolute atomic E-state index is 11.4. The first kappa shape index (κ1) is 15.4. The maximum Gasteiger partial charge on any atom is 0.337 e. The molecule has 3 nitrogen and oxygen atoms in total. The zero-order valence-electron chi connectivity index (χ0n) is 12.0. The molecule has 0 atom stereocenters. The van der Waals surface area contributed by atoms with E-state index in [1.165, 1.54) is 12.7 Å². The molecule has 0 spiro atoms. The van der Waals surface area contributed by atoms with Crippen LogP contribution in [-0.2, 0) is 16.0 Å². The number of carbonyl (C=O) groups excluding carboxylic acids is 2. The predicted octanol–water partition coefficient (Wildman–Crippen LogP) is 3.47. The molecule has 0 bridgehead atoms. The molecule has 1 rings (SSSR count). The van der Waals surface area contributed by atoms with Gasteiger partial charge >= 0.3 is 5.97 Å². The first-order valence-corrected chi connectivity index (χ1v) is 6.78. The second-order valence-corrected chi connectivity index (χ2v) is 4.78. The normalized spacial score (nSPS) is 10.3. The molecule has 1 aromatic carbocycles. The number of rotatable bonds is 7. The van der Waals surface area contributed by atoms with E-state index < -0.39 is 0 Å². The van der Waals surface area contributed by atoms with Crippen LogP contribution >= 0.6 is 0 Å². The molecule has 0 N–H and O–H groups in total. The fraction of sp³-hybridized carbons (Fsp3) is 0.500. The molecule has 1 aromatic rings. The smallest absolute Gasteiger partial charge is 0.337 e. The number of esters is 1. The van der Waals surface area contributed by atoms with Gasteiger partial charge in [0.1, 0.15) is 5.78 Å². The number of methoxy groups -OCH3 is 1. The van der Waals surface area contributed by atoms with Gasteiger partial charge in [0.2, 0.25) is 0 Å². The summed E-state index contributed by atoms with van der Waals surface area (Å²) in [5.41, 5.74) is 2.84. The summed E-state index contributed by atoms with van der Waals surface area (Å²) in [6, 6.07) is 5.57. The second-order valence-electron chi connectivity index (χ2n) is 4.78. The Balaban J connectivity index is 2.56. The first-order valence-electron chi connectivity index (χ1n) is 6.78. The molecule has 0 aromatic heterocycles. The van der Waals surface area contributed by atoms with Gasteiger partial charge in [-0.2, -0.15) is 0 Å². The largest absolute Gasteiger partial charge is 0.465 e. The van der Waals surface area contributed by atoms with Crippen LogP contribution in [0.4, 0.5) is 0 Å². The SMILES string of the molecule is CCCC(=O)CCCc1ccc(C(=O)OC)cc1C. The lowest BCUT2D eigenvalue weighted by atomic mass is 9.99. The van der Waals surface area contributed by atoms with Crippen molar-refractivity contribution in [3.8, 4) is 0 Å². The number of benzene rings is 1. The number of hydrogen-bond donors (Lipinski definition) is 0. The Morgan fingerprint density at radius 3 is 2.53 bits per heavy atom. The highest BCUT2D eigenvalue weighted by Gasteiger charge is 2.08. The monoisotopic (exact) mass is 262 g/mol. The second kappa shape index (κ2) is 7.72. The minimum Gasteiger partial charge on any atom is -0.465 e. The highest BCUT2D eigenvalue weighted by atomic mass is 16.5. The Labute approximate surface area is 115 Å². The van der Waals surface area contributed by atoms with Crippen LogP contribution in [0.15, 0.2) is 18.2 Å². The minimum atomic E-state index is -0.312. The summed E-state index contributed by atoms with van der Waals surface area (Å²) < 4.78 is 4.69. The number of ether oxygens (including phenoxy) is 1. The van der Waals surface area contributed by atoms with Crippen molar-refractivity contribution in [2.75, 3.05) is 7.11 Å². The maximum atomic E-state index is 11.4. The molecule has 0 amide bonds. The van der Waals surface area contributed by atoms with Crippen LogP contribution in [0.1, 0.15) is 54.1 Å². The fourth-order valence-corrected chi connectivity index (χ4v) is 2.10. The van der Waals surface area contributed by atoms with Gasteiger partial charge in [0.25, 0.3) is 0 Å². The van der Waals surface area contributed by atoms with Crippen molar-refractivity contribution in [1.29, 1.82) is 0 Å². The summed E-state index contributed by atoms with van der Waals surface area (Å²) in [4.78, 5) is 22.8. The molecule has 3 heteroatoms. The molecule has 0 saturated heterocycles. The van der Waals surface area contributed by atoms with Crippen molar-refractivity contribution in [3.63, 3.8) is 0 Å². The van der Waals surface area contributed by atoms with E-state index in [9.17, 15) is 9.59 Å². The summed E-state index contributed by atoms with van der Waals surface area (Å²) in [6.07, 6.45) is 4.00. The average molecular weight is 262 g/mol. The van der Waals surface area contributed by atoms with E-state index in [0.717, 1.165) is 24.8 Å². The lowest BCUT2D eigenvalue weighted by Gasteiger charge is -2.07. The molecule has 0 aliphatic rings. The highest BCUT2D eigenvalue weighted by Crippen LogP contribution is 2.15. The minimum absolute atomic E-state index is 0.312. The molecule has 0 radical (unpaired) electrons. The molecule has 0 aliphatic carbocycles. The predicted molar refractivity (Wildman–Crippen MR) is 75.4 cm³/mol. The van der Waals surface area contributed by atoms with Gasteiger partial charge in [-0.05, 0) is 49.4 Å². The lowest BCUT2D eigenvalue weighted by Crippen LogP contribution is -2.03. The molecule has 104 valence electrons. The standard InChI is InChI=1S/C16H22O3/c1-4-6-15(17)8-5-7-13-9-10-14(11-12(13)2)16(18)19-3/h9-11H,4-8H2,1-3H3. The zero-order chi connectivity index (χ0) is 14.3. The molecule has 0 fully saturated rings. The number of Topliss-reactive ketones (excluding diaryl/α,β-unsaturated/α-hetero) is 1. The number of aryl methyl sites for hydroxylation is 2. The van der Waals surface area contributed by atoms with Crippen molar-refractivity contribution in [3.05, 3.63) is 34.9 Å². The van der Waals surface area contributed by atoms with Crippen molar-refractivity contribution >= 4 is 11.8 Å². The van der Waals surface area contributed by atoms with Crippen LogP contribution in [0.5, 0.6) is 0 Å². The van der Waals surface area contributed by atoms with E-state index in [1.807, 2.05) is 26.0 Å². The van der Waals surface area contributed by atoms with Crippen LogP contribution in [0.25, 0.3) is 0 Å². The van der Waals surface area contributed by atoms with Crippen LogP contribution in [0, 0.1) is 6.92 Å². The number of ketones is 1. The van der Waals surface area contributed by atoms with Crippen molar-refractivity contribution in [2.24, 2.45) is 0 Å². The molecule has 0 heterocycles. The topological polar surface area (TPSA) is 43.4 Å². The van der Waals surface area contributed by atoms with E-state index >= 15 is 0 Å². The van der Waals surface area contributed by atoms with Gasteiger partial charge in [0, 0.05) is 12.8 Å². The van der Waals surface area contributed by atoms with Gasteiger partial charge in [-0.25, -0.2) is 4.79 Å². The Kier molecular flexibility index (Phi) is 6.26. The molecule has 0 saturated carbocycles. The summed E-state index contributed by atoms with van der Waals surface area (Å²) in [7, 11) is 1.38. The summed E-state index contributed by atoms with van der Waals surface area (Å²) in [5, 5.41) is 0. The highest BCUT2D eigenvalue weighted by molar-refractivity contribution is 5.89. The lowest BCUT2D eigenvalue weighted by molar-refractivity contribution is -0.119. The average Bonchev–Trinajstić information content (AvgIpc) is 2.40.